The topological polar surface area (TPSA) is 20.2 Å². The lowest BCUT2D eigenvalue weighted by Gasteiger charge is -2.18. The van der Waals surface area contributed by atoms with Gasteiger partial charge in [-0.05, 0) is 43.9 Å². The Hall–Kier alpha value is -1.03. The van der Waals surface area contributed by atoms with Gasteiger partial charge in [-0.3, -0.25) is 0 Å². The van der Waals surface area contributed by atoms with Gasteiger partial charge in [-0.25, -0.2) is 0 Å². The van der Waals surface area contributed by atoms with E-state index in [1.165, 1.54) is 0 Å². The Morgan fingerprint density at radius 1 is 1.12 bits per heavy atom. The largest absolute Gasteiger partial charge is 0.389 e. The summed E-state index contributed by atoms with van der Waals surface area (Å²) >= 11 is 0. The van der Waals surface area contributed by atoms with Gasteiger partial charge in [0.25, 0.3) is 0 Å². The minimum atomic E-state index is -4.21. The summed E-state index contributed by atoms with van der Waals surface area (Å²) in [4.78, 5) is 0. The van der Waals surface area contributed by atoms with Crippen molar-refractivity contribution >= 4 is 0 Å². The molecule has 0 aromatic heterocycles. The minimum Gasteiger partial charge on any atom is -0.388 e. The SMILES string of the molecule is Cc1cc(C)c(C(O)CCC(F)(F)F)c(C)c1. The van der Waals surface area contributed by atoms with Gasteiger partial charge in [0.05, 0.1) is 6.10 Å². The fourth-order valence-electron chi connectivity index (χ4n) is 2.16. The Labute approximate surface area is 99.3 Å². The highest BCUT2D eigenvalue weighted by molar-refractivity contribution is 5.38. The number of aliphatic hydroxyl groups is 1. The molecule has 0 spiro atoms. The van der Waals surface area contributed by atoms with Crippen LogP contribution in [0.4, 0.5) is 13.2 Å². The van der Waals surface area contributed by atoms with Crippen LogP contribution in [0.15, 0.2) is 12.1 Å². The van der Waals surface area contributed by atoms with E-state index in [0.717, 1.165) is 16.7 Å². The Morgan fingerprint density at radius 2 is 1.59 bits per heavy atom. The molecule has 0 heterocycles. The lowest BCUT2D eigenvalue weighted by atomic mass is 9.93. The predicted octanol–water partition coefficient (Wildman–Crippen LogP) is 3.99. The maximum Gasteiger partial charge on any atom is 0.389 e. The molecule has 0 amide bonds. The van der Waals surface area contributed by atoms with Gasteiger partial charge >= 0.3 is 6.18 Å². The van der Waals surface area contributed by atoms with Gasteiger partial charge in [0.2, 0.25) is 0 Å². The molecular weight excluding hydrogens is 229 g/mol. The molecule has 0 bridgehead atoms. The summed E-state index contributed by atoms with van der Waals surface area (Å²) in [6.45, 7) is 5.55. The third kappa shape index (κ3) is 4.04. The standard InChI is InChI=1S/C13H17F3O/c1-8-6-9(2)12(10(3)7-8)11(17)4-5-13(14,15)16/h6-7,11,17H,4-5H2,1-3H3. The van der Waals surface area contributed by atoms with Crippen molar-refractivity contribution in [2.45, 2.75) is 45.9 Å². The second-order valence-corrected chi connectivity index (χ2v) is 4.48. The Kier molecular flexibility index (Phi) is 4.20. The van der Waals surface area contributed by atoms with Crippen LogP contribution < -0.4 is 0 Å². The first-order valence-corrected chi connectivity index (χ1v) is 5.53. The van der Waals surface area contributed by atoms with Gasteiger partial charge in [-0.2, -0.15) is 13.2 Å². The third-order valence-electron chi connectivity index (χ3n) is 2.77. The molecule has 0 fully saturated rings. The van der Waals surface area contributed by atoms with E-state index in [1.807, 2.05) is 32.9 Å². The predicted molar refractivity (Wildman–Crippen MR) is 60.9 cm³/mol. The number of hydrogen-bond donors (Lipinski definition) is 1. The first-order chi connectivity index (χ1) is 7.70. The van der Waals surface area contributed by atoms with Gasteiger partial charge in [0, 0.05) is 6.42 Å². The van der Waals surface area contributed by atoms with Gasteiger partial charge < -0.3 is 5.11 Å². The van der Waals surface area contributed by atoms with Gasteiger partial charge in [0.15, 0.2) is 0 Å². The summed E-state index contributed by atoms with van der Waals surface area (Å²) in [5.41, 5.74) is 3.36. The van der Waals surface area contributed by atoms with Crippen LogP contribution in [0, 0.1) is 20.8 Å². The molecule has 4 heteroatoms. The smallest absolute Gasteiger partial charge is 0.388 e. The van der Waals surface area contributed by atoms with E-state index >= 15 is 0 Å². The average Bonchev–Trinajstić information content (AvgIpc) is 2.11. The van der Waals surface area contributed by atoms with Crippen LogP contribution in [0.2, 0.25) is 0 Å². The third-order valence-corrected chi connectivity index (χ3v) is 2.77. The molecule has 17 heavy (non-hydrogen) atoms. The van der Waals surface area contributed by atoms with Crippen molar-refractivity contribution in [2.24, 2.45) is 0 Å². The number of benzene rings is 1. The summed E-state index contributed by atoms with van der Waals surface area (Å²) in [6.07, 6.45) is -6.50. The van der Waals surface area contributed by atoms with Crippen LogP contribution in [0.25, 0.3) is 0 Å². The normalized spacial score (nSPS) is 13.8. The molecule has 1 aromatic rings. The highest BCUT2D eigenvalue weighted by atomic mass is 19.4. The first-order valence-electron chi connectivity index (χ1n) is 5.53. The quantitative estimate of drug-likeness (QED) is 0.855. The molecule has 0 radical (unpaired) electrons. The average molecular weight is 246 g/mol. The van der Waals surface area contributed by atoms with Crippen molar-refractivity contribution < 1.29 is 18.3 Å². The van der Waals surface area contributed by atoms with E-state index in [-0.39, 0.29) is 6.42 Å². The summed E-state index contributed by atoms with van der Waals surface area (Å²) in [5, 5.41) is 9.84. The zero-order valence-electron chi connectivity index (χ0n) is 10.2. The van der Waals surface area contributed by atoms with Crippen LogP contribution in [0.1, 0.15) is 41.2 Å². The number of alkyl halides is 3. The maximum absolute atomic E-state index is 12.1. The van der Waals surface area contributed by atoms with Crippen molar-refractivity contribution in [2.75, 3.05) is 0 Å². The summed E-state index contributed by atoms with van der Waals surface area (Å²) in [5.74, 6) is 0. The molecule has 1 N–H and O–H groups in total. The van der Waals surface area contributed by atoms with E-state index in [4.69, 9.17) is 0 Å². The van der Waals surface area contributed by atoms with E-state index in [9.17, 15) is 18.3 Å². The number of hydrogen-bond acceptors (Lipinski definition) is 1. The second kappa shape index (κ2) is 5.08. The molecule has 1 unspecified atom stereocenters. The van der Waals surface area contributed by atoms with Crippen molar-refractivity contribution in [3.05, 3.63) is 34.4 Å². The number of rotatable bonds is 3. The highest BCUT2D eigenvalue weighted by Gasteiger charge is 2.28. The summed E-state index contributed by atoms with van der Waals surface area (Å²) in [6, 6.07) is 3.75. The van der Waals surface area contributed by atoms with E-state index in [2.05, 4.69) is 0 Å². The molecule has 0 aliphatic carbocycles. The Balaban J connectivity index is 2.86. The number of halogens is 3. The van der Waals surface area contributed by atoms with Crippen molar-refractivity contribution in [3.8, 4) is 0 Å². The molecule has 1 atom stereocenters. The zero-order valence-corrected chi connectivity index (χ0v) is 10.2. The molecule has 1 aromatic carbocycles. The summed E-state index contributed by atoms with van der Waals surface area (Å²) in [7, 11) is 0. The molecule has 0 aliphatic heterocycles. The first kappa shape index (κ1) is 14.0. The Morgan fingerprint density at radius 3 is 2.00 bits per heavy atom. The summed E-state index contributed by atoms with van der Waals surface area (Å²) < 4.78 is 36.3. The van der Waals surface area contributed by atoms with Crippen LogP contribution in [-0.2, 0) is 0 Å². The lowest BCUT2D eigenvalue weighted by molar-refractivity contribution is -0.140. The monoisotopic (exact) mass is 246 g/mol. The molecule has 1 rings (SSSR count). The lowest BCUT2D eigenvalue weighted by Crippen LogP contribution is -2.11. The van der Waals surface area contributed by atoms with Crippen LogP contribution in [-0.4, -0.2) is 11.3 Å². The molecule has 1 nitrogen and oxygen atoms in total. The van der Waals surface area contributed by atoms with Crippen molar-refractivity contribution in [3.63, 3.8) is 0 Å². The van der Waals surface area contributed by atoms with E-state index in [1.54, 1.807) is 0 Å². The second-order valence-electron chi connectivity index (χ2n) is 4.48. The highest BCUT2D eigenvalue weighted by Crippen LogP contribution is 2.31. The van der Waals surface area contributed by atoms with Crippen LogP contribution in [0.5, 0.6) is 0 Å². The van der Waals surface area contributed by atoms with Crippen molar-refractivity contribution in [1.82, 2.24) is 0 Å². The van der Waals surface area contributed by atoms with Crippen LogP contribution >= 0.6 is 0 Å². The van der Waals surface area contributed by atoms with Gasteiger partial charge in [-0.1, -0.05) is 17.7 Å². The van der Waals surface area contributed by atoms with E-state index in [0.29, 0.717) is 5.56 Å². The molecule has 0 saturated carbocycles. The van der Waals surface area contributed by atoms with Gasteiger partial charge in [-0.15, -0.1) is 0 Å². The van der Waals surface area contributed by atoms with Crippen molar-refractivity contribution in [1.29, 1.82) is 0 Å². The molecule has 0 saturated heterocycles. The zero-order chi connectivity index (χ0) is 13.2. The van der Waals surface area contributed by atoms with E-state index < -0.39 is 18.7 Å². The van der Waals surface area contributed by atoms with Crippen LogP contribution in [0.3, 0.4) is 0 Å². The molecular formula is C13H17F3O. The van der Waals surface area contributed by atoms with Gasteiger partial charge in [0.1, 0.15) is 0 Å². The number of aryl methyl sites for hydroxylation is 3. The minimum absolute atomic E-state index is 0.283. The molecule has 0 aliphatic rings. The maximum atomic E-state index is 12.1. The fourth-order valence-corrected chi connectivity index (χ4v) is 2.16. The molecule has 96 valence electrons. The Bertz CT molecular complexity index is 373. The fraction of sp³-hybridized carbons (Fsp3) is 0.538. The number of aliphatic hydroxyl groups excluding tert-OH is 1.